The number of nitrogens with zero attached hydrogens (tertiary/aromatic N) is 1. The summed E-state index contributed by atoms with van der Waals surface area (Å²) in [4.78, 5) is 24.8. The van der Waals surface area contributed by atoms with Crippen molar-refractivity contribution in [2.24, 2.45) is 0 Å². The molecule has 0 unspecified atom stereocenters. The monoisotopic (exact) mass is 272 g/mol. The highest BCUT2D eigenvalue weighted by Crippen LogP contribution is 2.35. The van der Waals surface area contributed by atoms with E-state index in [4.69, 9.17) is 4.74 Å². The average molecular weight is 272 g/mol. The number of H-pyrrole nitrogens is 1. The second-order valence-electron chi connectivity index (χ2n) is 4.06. The van der Waals surface area contributed by atoms with E-state index in [0.717, 1.165) is 5.75 Å². The molecule has 2 N–H and O–H groups in total. The number of aromatic nitrogens is 2. The lowest BCUT2D eigenvalue weighted by molar-refractivity contribution is -0.0237. The molecule has 0 aromatic carbocycles. The van der Waals surface area contributed by atoms with Crippen LogP contribution in [0.25, 0.3) is 0 Å². The molecule has 0 spiro atoms. The van der Waals surface area contributed by atoms with Crippen LogP contribution < -0.4 is 11.2 Å². The van der Waals surface area contributed by atoms with Gasteiger partial charge in [0.15, 0.2) is 0 Å². The van der Waals surface area contributed by atoms with E-state index in [1.807, 2.05) is 6.92 Å². The zero-order valence-corrected chi connectivity index (χ0v) is 10.9. The lowest BCUT2D eigenvalue weighted by Crippen LogP contribution is -2.31. The van der Waals surface area contributed by atoms with E-state index < -0.39 is 17.5 Å². The zero-order valence-electron chi connectivity index (χ0n) is 10.0. The van der Waals surface area contributed by atoms with Gasteiger partial charge in [-0.3, -0.25) is 14.3 Å². The van der Waals surface area contributed by atoms with Gasteiger partial charge in [-0.05, 0) is 5.75 Å². The second kappa shape index (κ2) is 5.73. The van der Waals surface area contributed by atoms with Crippen LogP contribution in [-0.4, -0.2) is 38.4 Å². The molecule has 0 aliphatic carbocycles. The van der Waals surface area contributed by atoms with Crippen molar-refractivity contribution >= 4 is 11.8 Å². The Morgan fingerprint density at radius 3 is 3.00 bits per heavy atom. The van der Waals surface area contributed by atoms with Gasteiger partial charge in [-0.2, -0.15) is 11.8 Å². The first kappa shape index (κ1) is 13.4. The molecule has 100 valence electrons. The molecule has 0 amide bonds. The van der Waals surface area contributed by atoms with Crippen LogP contribution in [0.15, 0.2) is 21.9 Å². The fourth-order valence-corrected chi connectivity index (χ4v) is 3.17. The van der Waals surface area contributed by atoms with E-state index in [-0.39, 0.29) is 18.0 Å². The predicted octanol–water partition coefficient (Wildman–Crippen LogP) is -0.0619. The van der Waals surface area contributed by atoms with Crippen LogP contribution in [0.4, 0.5) is 0 Å². The minimum Gasteiger partial charge on any atom is -0.394 e. The number of rotatable bonds is 4. The van der Waals surface area contributed by atoms with Crippen molar-refractivity contribution in [2.45, 2.75) is 30.9 Å². The summed E-state index contributed by atoms with van der Waals surface area (Å²) >= 11 is 1.71. The first-order chi connectivity index (χ1) is 8.65. The maximum absolute atomic E-state index is 11.6. The summed E-state index contributed by atoms with van der Waals surface area (Å²) in [7, 11) is 0. The fraction of sp³-hybridized carbons (Fsp3) is 0.636. The summed E-state index contributed by atoms with van der Waals surface area (Å²) in [6.45, 7) is 1.98. The molecule has 1 aromatic heterocycles. The van der Waals surface area contributed by atoms with Crippen molar-refractivity contribution in [3.63, 3.8) is 0 Å². The lowest BCUT2D eigenvalue weighted by atomic mass is 10.2. The smallest absolute Gasteiger partial charge is 0.330 e. The molecule has 1 aromatic rings. The Hall–Kier alpha value is -1.05. The minimum atomic E-state index is -0.480. The fourth-order valence-electron chi connectivity index (χ4n) is 2.08. The summed E-state index contributed by atoms with van der Waals surface area (Å²) in [5.74, 6) is 0.928. The van der Waals surface area contributed by atoms with Crippen LogP contribution in [0.5, 0.6) is 0 Å². The maximum atomic E-state index is 11.6. The normalized spacial score (nSPS) is 27.6. The molecule has 0 bridgehead atoms. The number of aliphatic hydroxyl groups excluding tert-OH is 1. The molecule has 7 heteroatoms. The van der Waals surface area contributed by atoms with Gasteiger partial charge in [-0.1, -0.05) is 6.92 Å². The van der Waals surface area contributed by atoms with E-state index in [1.165, 1.54) is 16.8 Å². The van der Waals surface area contributed by atoms with Gasteiger partial charge in [-0.15, -0.1) is 0 Å². The standard InChI is InChI=1S/C11H16N2O4S/c1-2-18-8-5-10(17-7(8)6-14)13-4-3-9(15)12-11(13)16/h3-4,7-8,10,14H,2,5-6H2,1H3,(H,12,15,16)/t7-,8+,10+/m1/s1. The van der Waals surface area contributed by atoms with Crippen LogP contribution in [0.1, 0.15) is 19.6 Å². The van der Waals surface area contributed by atoms with Crippen molar-refractivity contribution in [3.8, 4) is 0 Å². The molecule has 0 radical (unpaired) electrons. The van der Waals surface area contributed by atoms with Crippen LogP contribution in [0.2, 0.25) is 0 Å². The molecule has 1 aliphatic rings. The first-order valence-corrected chi connectivity index (χ1v) is 6.90. The Balaban J connectivity index is 2.20. The van der Waals surface area contributed by atoms with Crippen molar-refractivity contribution in [1.29, 1.82) is 0 Å². The Bertz CT molecular complexity index is 512. The summed E-state index contributed by atoms with van der Waals surface area (Å²) in [6.07, 6.45) is 1.39. The van der Waals surface area contributed by atoms with E-state index in [0.29, 0.717) is 6.42 Å². The Kier molecular flexibility index (Phi) is 4.26. The van der Waals surface area contributed by atoms with Gasteiger partial charge < -0.3 is 9.84 Å². The van der Waals surface area contributed by atoms with Crippen LogP contribution in [0, 0.1) is 0 Å². The van der Waals surface area contributed by atoms with E-state index in [9.17, 15) is 14.7 Å². The summed E-state index contributed by atoms with van der Waals surface area (Å²) < 4.78 is 7.01. The third kappa shape index (κ3) is 2.68. The molecule has 1 aliphatic heterocycles. The van der Waals surface area contributed by atoms with Gasteiger partial charge in [0.2, 0.25) is 0 Å². The van der Waals surface area contributed by atoms with Gasteiger partial charge in [-0.25, -0.2) is 4.79 Å². The van der Waals surface area contributed by atoms with Crippen molar-refractivity contribution < 1.29 is 9.84 Å². The lowest BCUT2D eigenvalue weighted by Gasteiger charge is -2.14. The number of nitrogens with one attached hydrogen (secondary N) is 1. The summed E-state index contributed by atoms with van der Waals surface area (Å²) in [6, 6.07) is 1.29. The van der Waals surface area contributed by atoms with Gasteiger partial charge in [0.05, 0.1) is 12.7 Å². The number of hydrogen-bond donors (Lipinski definition) is 2. The van der Waals surface area contributed by atoms with Crippen LogP contribution in [-0.2, 0) is 4.74 Å². The third-order valence-electron chi connectivity index (χ3n) is 2.90. The average Bonchev–Trinajstić information content (AvgIpc) is 2.72. The van der Waals surface area contributed by atoms with Crippen molar-refractivity contribution in [2.75, 3.05) is 12.4 Å². The molecule has 6 nitrogen and oxygen atoms in total. The topological polar surface area (TPSA) is 84.3 Å². The molecule has 0 saturated carbocycles. The van der Waals surface area contributed by atoms with Crippen LogP contribution in [0.3, 0.4) is 0 Å². The third-order valence-corrected chi connectivity index (χ3v) is 4.16. The highest BCUT2D eigenvalue weighted by molar-refractivity contribution is 7.99. The summed E-state index contributed by atoms with van der Waals surface area (Å²) in [5, 5.41) is 9.43. The molecule has 1 fully saturated rings. The molecular weight excluding hydrogens is 256 g/mol. The van der Waals surface area contributed by atoms with Crippen molar-refractivity contribution in [3.05, 3.63) is 33.1 Å². The van der Waals surface area contributed by atoms with Crippen LogP contribution >= 0.6 is 11.8 Å². The highest BCUT2D eigenvalue weighted by Gasteiger charge is 2.36. The SMILES string of the molecule is CCS[C@H]1C[C@@H](n2ccc(=O)[nH]c2=O)O[C@@H]1CO. The summed E-state index contributed by atoms with van der Waals surface area (Å²) in [5.41, 5.74) is -0.904. The number of aliphatic hydroxyl groups is 1. The quantitative estimate of drug-likeness (QED) is 0.802. The Morgan fingerprint density at radius 2 is 2.39 bits per heavy atom. The largest absolute Gasteiger partial charge is 0.394 e. The van der Waals surface area contributed by atoms with Crippen molar-refractivity contribution in [1.82, 2.24) is 9.55 Å². The van der Waals surface area contributed by atoms with Gasteiger partial charge >= 0.3 is 5.69 Å². The molecule has 2 rings (SSSR count). The van der Waals surface area contributed by atoms with E-state index in [2.05, 4.69) is 4.98 Å². The van der Waals surface area contributed by atoms with Gasteiger partial charge in [0, 0.05) is 23.9 Å². The zero-order chi connectivity index (χ0) is 13.1. The second-order valence-corrected chi connectivity index (χ2v) is 5.57. The number of hydrogen-bond acceptors (Lipinski definition) is 5. The molecular formula is C11H16N2O4S. The van der Waals surface area contributed by atoms with Gasteiger partial charge in [0.25, 0.3) is 5.56 Å². The minimum absolute atomic E-state index is 0.0632. The molecule has 1 saturated heterocycles. The highest BCUT2D eigenvalue weighted by atomic mass is 32.2. The molecule has 3 atom stereocenters. The van der Waals surface area contributed by atoms with Gasteiger partial charge in [0.1, 0.15) is 6.23 Å². The first-order valence-electron chi connectivity index (χ1n) is 5.85. The Morgan fingerprint density at radius 1 is 1.61 bits per heavy atom. The number of ether oxygens (including phenoxy) is 1. The maximum Gasteiger partial charge on any atom is 0.330 e. The predicted molar refractivity (Wildman–Crippen MR) is 68.9 cm³/mol. The van der Waals surface area contributed by atoms with E-state index >= 15 is 0 Å². The molecule has 2 heterocycles. The number of thioether (sulfide) groups is 1. The Labute approximate surface area is 108 Å². The molecule has 18 heavy (non-hydrogen) atoms. The number of aromatic amines is 1. The van der Waals surface area contributed by atoms with E-state index in [1.54, 1.807) is 11.8 Å².